The highest BCUT2D eigenvalue weighted by Gasteiger charge is 2.24. The van der Waals surface area contributed by atoms with E-state index in [-0.39, 0.29) is 24.1 Å². The Morgan fingerprint density at radius 1 is 1.04 bits per heavy atom. The first kappa shape index (κ1) is 18.2. The number of amides is 2. The van der Waals surface area contributed by atoms with E-state index in [1.54, 1.807) is 17.0 Å². The molecule has 0 bridgehead atoms. The van der Waals surface area contributed by atoms with Crippen molar-refractivity contribution in [1.82, 2.24) is 14.8 Å². The molecule has 0 unspecified atom stereocenters. The van der Waals surface area contributed by atoms with Crippen LogP contribution in [0.5, 0.6) is 0 Å². The van der Waals surface area contributed by atoms with Gasteiger partial charge in [-0.2, -0.15) is 0 Å². The van der Waals surface area contributed by atoms with Gasteiger partial charge in [-0.05, 0) is 44.0 Å². The summed E-state index contributed by atoms with van der Waals surface area (Å²) >= 11 is 0. The number of nitrogens with zero attached hydrogens (tertiary/aromatic N) is 2. The van der Waals surface area contributed by atoms with Crippen LogP contribution in [0.3, 0.4) is 0 Å². The summed E-state index contributed by atoms with van der Waals surface area (Å²) in [4.78, 5) is 32.1. The molecule has 0 saturated carbocycles. The lowest BCUT2D eigenvalue weighted by atomic mass is 10.1. The number of benzene rings is 1. The predicted molar refractivity (Wildman–Crippen MR) is 97.5 cm³/mol. The number of nitrogens with one attached hydrogen (secondary N) is 1. The van der Waals surface area contributed by atoms with E-state index in [4.69, 9.17) is 0 Å². The number of carbonyl (C=O) groups excluding carboxylic acids is 2. The number of halogens is 1. The number of aromatic amines is 1. The van der Waals surface area contributed by atoms with Crippen LogP contribution in [0.15, 0.2) is 30.3 Å². The average molecular weight is 357 g/mol. The van der Waals surface area contributed by atoms with E-state index in [2.05, 4.69) is 4.98 Å². The van der Waals surface area contributed by atoms with E-state index < -0.39 is 0 Å². The van der Waals surface area contributed by atoms with Crippen molar-refractivity contribution in [3.8, 4) is 0 Å². The van der Waals surface area contributed by atoms with Gasteiger partial charge in [-0.25, -0.2) is 4.39 Å². The minimum atomic E-state index is -0.305. The Balaban J connectivity index is 1.60. The molecule has 2 aromatic rings. The summed E-state index contributed by atoms with van der Waals surface area (Å²) in [5.41, 5.74) is 3.35. The van der Waals surface area contributed by atoms with Crippen molar-refractivity contribution in [2.24, 2.45) is 0 Å². The highest BCUT2D eigenvalue weighted by Crippen LogP contribution is 2.15. The second-order valence-corrected chi connectivity index (χ2v) is 6.82. The molecule has 1 N–H and O–H groups in total. The molecule has 6 heteroatoms. The van der Waals surface area contributed by atoms with Crippen LogP contribution in [0.4, 0.5) is 4.39 Å². The average Bonchev–Trinajstić information content (AvgIpc) is 2.82. The van der Waals surface area contributed by atoms with Crippen LogP contribution in [0, 0.1) is 19.7 Å². The lowest BCUT2D eigenvalue weighted by Crippen LogP contribution is -2.38. The second kappa shape index (κ2) is 7.72. The normalized spacial score (nSPS) is 15.0. The largest absolute Gasteiger partial charge is 0.362 e. The van der Waals surface area contributed by atoms with Crippen LogP contribution in [0.2, 0.25) is 0 Å². The summed E-state index contributed by atoms with van der Waals surface area (Å²) in [6.07, 6.45) is 1.01. The van der Waals surface area contributed by atoms with Crippen LogP contribution in [-0.2, 0) is 11.2 Å². The Kier molecular flexibility index (Phi) is 5.40. The molecule has 2 heterocycles. The fourth-order valence-electron chi connectivity index (χ4n) is 3.38. The van der Waals surface area contributed by atoms with Gasteiger partial charge in [-0.3, -0.25) is 9.59 Å². The van der Waals surface area contributed by atoms with Gasteiger partial charge in [0, 0.05) is 37.6 Å². The number of aryl methyl sites for hydroxylation is 2. The molecule has 138 valence electrons. The summed E-state index contributed by atoms with van der Waals surface area (Å²) in [7, 11) is 0. The fraction of sp³-hybridized carbons (Fsp3) is 0.400. The predicted octanol–water partition coefficient (Wildman–Crippen LogP) is 2.69. The Bertz CT molecular complexity index is 798. The fourth-order valence-corrected chi connectivity index (χ4v) is 3.38. The third-order valence-corrected chi connectivity index (χ3v) is 4.78. The Labute approximate surface area is 152 Å². The van der Waals surface area contributed by atoms with Crippen LogP contribution in [0.1, 0.15) is 33.7 Å². The summed E-state index contributed by atoms with van der Waals surface area (Å²) in [5, 5.41) is 0. The van der Waals surface area contributed by atoms with Crippen molar-refractivity contribution >= 4 is 11.8 Å². The van der Waals surface area contributed by atoms with Crippen LogP contribution < -0.4 is 0 Å². The maximum Gasteiger partial charge on any atom is 0.255 e. The number of hydrogen-bond donors (Lipinski definition) is 1. The van der Waals surface area contributed by atoms with Gasteiger partial charge in [0.1, 0.15) is 5.82 Å². The van der Waals surface area contributed by atoms with Crippen molar-refractivity contribution in [3.05, 3.63) is 58.7 Å². The van der Waals surface area contributed by atoms with E-state index in [0.717, 1.165) is 23.4 Å². The molecular formula is C20H24FN3O2. The Morgan fingerprint density at radius 2 is 1.69 bits per heavy atom. The van der Waals surface area contributed by atoms with E-state index in [0.29, 0.717) is 31.7 Å². The first-order valence-electron chi connectivity index (χ1n) is 8.92. The van der Waals surface area contributed by atoms with E-state index in [1.165, 1.54) is 12.1 Å². The molecule has 1 saturated heterocycles. The summed E-state index contributed by atoms with van der Waals surface area (Å²) in [5.74, 6) is -0.278. The molecule has 3 rings (SSSR count). The Hall–Kier alpha value is -2.63. The van der Waals surface area contributed by atoms with E-state index in [1.807, 2.05) is 24.8 Å². The van der Waals surface area contributed by atoms with E-state index in [9.17, 15) is 14.0 Å². The van der Waals surface area contributed by atoms with Gasteiger partial charge in [0.05, 0.1) is 12.0 Å². The zero-order valence-corrected chi connectivity index (χ0v) is 15.2. The van der Waals surface area contributed by atoms with Gasteiger partial charge in [0.15, 0.2) is 0 Å². The molecule has 0 spiro atoms. The molecule has 1 aliphatic rings. The van der Waals surface area contributed by atoms with Crippen molar-refractivity contribution < 1.29 is 14.0 Å². The molecule has 26 heavy (non-hydrogen) atoms. The maximum absolute atomic E-state index is 13.0. The number of hydrogen-bond acceptors (Lipinski definition) is 2. The molecule has 0 aliphatic carbocycles. The smallest absolute Gasteiger partial charge is 0.255 e. The zero-order chi connectivity index (χ0) is 18.7. The van der Waals surface area contributed by atoms with Crippen LogP contribution in [0.25, 0.3) is 0 Å². The van der Waals surface area contributed by atoms with E-state index >= 15 is 0 Å². The monoisotopic (exact) mass is 357 g/mol. The van der Waals surface area contributed by atoms with Crippen molar-refractivity contribution in [2.75, 3.05) is 26.2 Å². The highest BCUT2D eigenvalue weighted by molar-refractivity contribution is 5.95. The first-order chi connectivity index (χ1) is 12.4. The van der Waals surface area contributed by atoms with Gasteiger partial charge in [0.2, 0.25) is 5.91 Å². The lowest BCUT2D eigenvalue weighted by molar-refractivity contribution is -0.130. The highest BCUT2D eigenvalue weighted by atomic mass is 19.1. The molecule has 1 fully saturated rings. The molecule has 1 aromatic heterocycles. The van der Waals surface area contributed by atoms with Gasteiger partial charge >= 0.3 is 0 Å². The first-order valence-corrected chi connectivity index (χ1v) is 8.92. The van der Waals surface area contributed by atoms with Gasteiger partial charge < -0.3 is 14.8 Å². The van der Waals surface area contributed by atoms with Crippen molar-refractivity contribution in [2.45, 2.75) is 26.7 Å². The van der Waals surface area contributed by atoms with Crippen LogP contribution >= 0.6 is 0 Å². The number of rotatable bonds is 3. The Morgan fingerprint density at radius 3 is 2.35 bits per heavy atom. The SMILES string of the molecule is Cc1cc(C(=O)N2CCCN(C(=O)Cc3ccc(F)cc3)CC2)c(C)[nH]1. The molecule has 0 atom stereocenters. The molecule has 5 nitrogen and oxygen atoms in total. The second-order valence-electron chi connectivity index (χ2n) is 6.82. The molecule has 1 aromatic carbocycles. The van der Waals surface area contributed by atoms with Gasteiger partial charge in [-0.1, -0.05) is 12.1 Å². The molecule has 0 radical (unpaired) electrons. The lowest BCUT2D eigenvalue weighted by Gasteiger charge is -2.22. The quantitative estimate of drug-likeness (QED) is 0.918. The number of H-pyrrole nitrogens is 1. The van der Waals surface area contributed by atoms with Crippen molar-refractivity contribution in [1.29, 1.82) is 0 Å². The van der Waals surface area contributed by atoms with Crippen LogP contribution in [-0.4, -0.2) is 52.8 Å². The topological polar surface area (TPSA) is 56.4 Å². The standard InChI is InChI=1S/C20H24FN3O2/c1-14-12-18(15(2)22-14)20(26)24-9-3-8-23(10-11-24)19(25)13-16-4-6-17(21)7-5-16/h4-7,12,22H,3,8-11,13H2,1-2H3. The summed E-state index contributed by atoms with van der Waals surface area (Å²) in [6, 6.07) is 7.88. The minimum Gasteiger partial charge on any atom is -0.362 e. The minimum absolute atomic E-state index is 0.0135. The third kappa shape index (κ3) is 4.12. The van der Waals surface area contributed by atoms with Gasteiger partial charge in [0.25, 0.3) is 5.91 Å². The summed E-state index contributed by atoms with van der Waals surface area (Å²) in [6.45, 7) is 6.16. The molecule has 2 amide bonds. The number of carbonyl (C=O) groups is 2. The van der Waals surface area contributed by atoms with Gasteiger partial charge in [-0.15, -0.1) is 0 Å². The molecule has 1 aliphatic heterocycles. The third-order valence-electron chi connectivity index (χ3n) is 4.78. The summed E-state index contributed by atoms with van der Waals surface area (Å²) < 4.78 is 13.0. The van der Waals surface area contributed by atoms with Crippen molar-refractivity contribution in [3.63, 3.8) is 0 Å². The maximum atomic E-state index is 13.0. The number of aromatic nitrogens is 1. The zero-order valence-electron chi connectivity index (χ0n) is 15.2. The molecular weight excluding hydrogens is 333 g/mol.